The molecule has 1 aromatic heterocycles. The van der Waals surface area contributed by atoms with Gasteiger partial charge >= 0.3 is 0 Å². The number of nitrogens with zero attached hydrogens (tertiary/aromatic N) is 1. The number of H-pyrrole nitrogens is 1. The van der Waals surface area contributed by atoms with E-state index in [4.69, 9.17) is 4.74 Å². The number of methoxy groups -OCH3 is 1. The van der Waals surface area contributed by atoms with Crippen molar-refractivity contribution >= 4 is 5.91 Å². The Hall–Kier alpha value is -2.14. The van der Waals surface area contributed by atoms with Gasteiger partial charge in [0.25, 0.3) is 5.91 Å². The van der Waals surface area contributed by atoms with Gasteiger partial charge in [0.1, 0.15) is 5.82 Å². The zero-order valence-electron chi connectivity index (χ0n) is 11.7. The largest absolute Gasteiger partial charge is 0.380 e. The van der Waals surface area contributed by atoms with Crippen LogP contribution in [-0.4, -0.2) is 23.0 Å². The van der Waals surface area contributed by atoms with Crippen LogP contribution in [0.15, 0.2) is 36.7 Å². The highest BCUT2D eigenvalue weighted by Gasteiger charge is 2.17. The van der Waals surface area contributed by atoms with Gasteiger partial charge < -0.3 is 15.0 Å². The van der Waals surface area contributed by atoms with Crippen LogP contribution in [0.4, 0.5) is 0 Å². The fourth-order valence-corrected chi connectivity index (χ4v) is 2.09. The Morgan fingerprint density at radius 3 is 2.90 bits per heavy atom. The summed E-state index contributed by atoms with van der Waals surface area (Å²) in [5, 5.41) is 3.00. The Labute approximate surface area is 118 Å². The number of carbonyl (C=O) groups excluding carboxylic acids is 1. The van der Waals surface area contributed by atoms with Crippen molar-refractivity contribution in [2.45, 2.75) is 26.0 Å². The van der Waals surface area contributed by atoms with E-state index in [0.29, 0.717) is 12.2 Å². The predicted molar refractivity (Wildman–Crippen MR) is 76.2 cm³/mol. The van der Waals surface area contributed by atoms with E-state index in [1.807, 2.05) is 25.1 Å². The topological polar surface area (TPSA) is 67.0 Å². The maximum Gasteiger partial charge on any atom is 0.252 e. The number of ether oxygens (including phenoxy) is 1. The first-order chi connectivity index (χ1) is 9.76. The second kappa shape index (κ2) is 6.86. The molecule has 1 amide bonds. The first-order valence-electron chi connectivity index (χ1n) is 6.63. The average Bonchev–Trinajstić information content (AvgIpc) is 2.99. The second-order valence-electron chi connectivity index (χ2n) is 4.50. The van der Waals surface area contributed by atoms with Gasteiger partial charge in [0, 0.05) is 25.1 Å². The SMILES string of the molecule is CCC(NC(=O)c1ccccc1COC)c1ncc[nH]1. The van der Waals surface area contributed by atoms with Crippen LogP contribution in [0.3, 0.4) is 0 Å². The lowest BCUT2D eigenvalue weighted by Gasteiger charge is -2.16. The van der Waals surface area contributed by atoms with Gasteiger partial charge in [-0.3, -0.25) is 4.79 Å². The summed E-state index contributed by atoms with van der Waals surface area (Å²) in [5.41, 5.74) is 1.51. The van der Waals surface area contributed by atoms with Crippen LogP contribution < -0.4 is 5.32 Å². The minimum Gasteiger partial charge on any atom is -0.380 e. The quantitative estimate of drug-likeness (QED) is 0.849. The molecule has 106 valence electrons. The molecule has 5 heteroatoms. The number of hydrogen-bond donors (Lipinski definition) is 2. The van der Waals surface area contributed by atoms with Crippen LogP contribution in [0, 0.1) is 0 Å². The number of nitrogens with one attached hydrogen (secondary N) is 2. The van der Waals surface area contributed by atoms with Crippen LogP contribution in [0.25, 0.3) is 0 Å². The Morgan fingerprint density at radius 1 is 1.45 bits per heavy atom. The van der Waals surface area contributed by atoms with E-state index in [2.05, 4.69) is 15.3 Å². The van der Waals surface area contributed by atoms with Crippen LogP contribution >= 0.6 is 0 Å². The van der Waals surface area contributed by atoms with Gasteiger partial charge in [-0.2, -0.15) is 0 Å². The van der Waals surface area contributed by atoms with E-state index in [1.54, 1.807) is 25.6 Å². The Morgan fingerprint density at radius 2 is 2.25 bits per heavy atom. The lowest BCUT2D eigenvalue weighted by molar-refractivity contribution is 0.0929. The standard InChI is InChI=1S/C15H19N3O2/c1-3-13(14-16-8-9-17-14)18-15(19)12-7-5-4-6-11(12)10-20-2/h4-9,13H,3,10H2,1-2H3,(H,16,17)(H,18,19). The summed E-state index contributed by atoms with van der Waals surface area (Å²) in [6, 6.07) is 7.33. The van der Waals surface area contributed by atoms with E-state index >= 15 is 0 Å². The second-order valence-corrected chi connectivity index (χ2v) is 4.50. The van der Waals surface area contributed by atoms with Gasteiger partial charge in [-0.25, -0.2) is 4.98 Å². The van der Waals surface area contributed by atoms with Crippen LogP contribution in [-0.2, 0) is 11.3 Å². The number of aromatic nitrogens is 2. The summed E-state index contributed by atoms with van der Waals surface area (Å²) in [6.07, 6.45) is 4.21. The fraction of sp³-hybridized carbons (Fsp3) is 0.333. The van der Waals surface area contributed by atoms with Gasteiger partial charge in [0.15, 0.2) is 0 Å². The molecule has 2 N–H and O–H groups in total. The van der Waals surface area contributed by atoms with Crippen LogP contribution in [0.5, 0.6) is 0 Å². The minimum atomic E-state index is -0.117. The highest BCUT2D eigenvalue weighted by molar-refractivity contribution is 5.95. The molecule has 1 aromatic carbocycles. The summed E-state index contributed by atoms with van der Waals surface area (Å²) in [5.74, 6) is 0.658. The monoisotopic (exact) mass is 273 g/mol. The van der Waals surface area contributed by atoms with Gasteiger partial charge in [0.2, 0.25) is 0 Å². The van der Waals surface area contributed by atoms with E-state index in [-0.39, 0.29) is 11.9 Å². The molecule has 20 heavy (non-hydrogen) atoms. The molecule has 5 nitrogen and oxygen atoms in total. The molecular weight excluding hydrogens is 254 g/mol. The number of benzene rings is 1. The van der Waals surface area contributed by atoms with Gasteiger partial charge in [-0.05, 0) is 18.1 Å². The molecule has 0 aliphatic carbocycles. The average molecular weight is 273 g/mol. The first kappa shape index (κ1) is 14.3. The van der Waals surface area contributed by atoms with Gasteiger partial charge in [-0.1, -0.05) is 25.1 Å². The Bertz CT molecular complexity index is 552. The summed E-state index contributed by atoms with van der Waals surface area (Å²) in [7, 11) is 1.62. The first-order valence-corrected chi connectivity index (χ1v) is 6.63. The molecule has 0 saturated heterocycles. The highest BCUT2D eigenvalue weighted by atomic mass is 16.5. The number of amides is 1. The molecule has 1 heterocycles. The smallest absolute Gasteiger partial charge is 0.252 e. The summed E-state index contributed by atoms with van der Waals surface area (Å²) < 4.78 is 5.12. The molecule has 0 fully saturated rings. The van der Waals surface area contributed by atoms with Gasteiger partial charge in [0.05, 0.1) is 12.6 Å². The van der Waals surface area contributed by atoms with E-state index < -0.39 is 0 Å². The van der Waals surface area contributed by atoms with Gasteiger partial charge in [-0.15, -0.1) is 0 Å². The molecule has 0 spiro atoms. The lowest BCUT2D eigenvalue weighted by Crippen LogP contribution is -2.29. The third kappa shape index (κ3) is 3.24. The van der Waals surface area contributed by atoms with Crippen molar-refractivity contribution in [2.24, 2.45) is 0 Å². The molecular formula is C15H19N3O2. The van der Waals surface area contributed by atoms with Crippen LogP contribution in [0.2, 0.25) is 0 Å². The van der Waals surface area contributed by atoms with Crippen LogP contribution in [0.1, 0.15) is 41.1 Å². The molecule has 0 bridgehead atoms. The minimum absolute atomic E-state index is 0.110. The van der Waals surface area contributed by atoms with E-state index in [9.17, 15) is 4.79 Å². The van der Waals surface area contributed by atoms with Crippen molar-refractivity contribution in [3.63, 3.8) is 0 Å². The zero-order chi connectivity index (χ0) is 14.4. The number of rotatable bonds is 6. The molecule has 0 aliphatic heterocycles. The third-order valence-corrected chi connectivity index (χ3v) is 3.12. The summed E-state index contributed by atoms with van der Waals surface area (Å²) in [4.78, 5) is 19.6. The Balaban J connectivity index is 2.15. The number of aromatic amines is 1. The predicted octanol–water partition coefficient (Wildman–Crippen LogP) is 2.44. The van der Waals surface area contributed by atoms with Crippen molar-refractivity contribution in [1.29, 1.82) is 0 Å². The molecule has 2 rings (SSSR count). The molecule has 1 unspecified atom stereocenters. The fourth-order valence-electron chi connectivity index (χ4n) is 2.09. The third-order valence-electron chi connectivity index (χ3n) is 3.12. The van der Waals surface area contributed by atoms with Crippen molar-refractivity contribution < 1.29 is 9.53 Å². The molecule has 1 atom stereocenters. The zero-order valence-corrected chi connectivity index (χ0v) is 11.7. The maximum absolute atomic E-state index is 12.4. The van der Waals surface area contributed by atoms with Crippen molar-refractivity contribution in [2.75, 3.05) is 7.11 Å². The highest BCUT2D eigenvalue weighted by Crippen LogP contribution is 2.15. The molecule has 0 radical (unpaired) electrons. The number of imidazole rings is 1. The molecule has 0 aliphatic rings. The Kier molecular flexibility index (Phi) is 4.90. The van der Waals surface area contributed by atoms with E-state index in [0.717, 1.165) is 17.8 Å². The van der Waals surface area contributed by atoms with Crippen molar-refractivity contribution in [1.82, 2.24) is 15.3 Å². The molecule has 2 aromatic rings. The number of hydrogen-bond acceptors (Lipinski definition) is 3. The van der Waals surface area contributed by atoms with Crippen molar-refractivity contribution in [3.05, 3.63) is 53.6 Å². The maximum atomic E-state index is 12.4. The summed E-state index contributed by atoms with van der Waals surface area (Å²) in [6.45, 7) is 2.43. The number of carbonyl (C=O) groups is 1. The summed E-state index contributed by atoms with van der Waals surface area (Å²) >= 11 is 0. The van der Waals surface area contributed by atoms with E-state index in [1.165, 1.54) is 0 Å². The molecule has 0 saturated carbocycles. The lowest BCUT2D eigenvalue weighted by atomic mass is 10.1. The van der Waals surface area contributed by atoms with Crippen molar-refractivity contribution in [3.8, 4) is 0 Å². The normalized spacial score (nSPS) is 12.1.